The van der Waals surface area contributed by atoms with Crippen molar-refractivity contribution in [3.05, 3.63) is 88.8 Å². The lowest BCUT2D eigenvalue weighted by Crippen LogP contribution is -2.38. The van der Waals surface area contributed by atoms with Crippen LogP contribution >= 0.6 is 0 Å². The van der Waals surface area contributed by atoms with E-state index >= 15 is 0 Å². The highest BCUT2D eigenvalue weighted by molar-refractivity contribution is 5.81. The van der Waals surface area contributed by atoms with Crippen LogP contribution in [0, 0.1) is 35.5 Å². The van der Waals surface area contributed by atoms with E-state index in [0.717, 1.165) is 67.3 Å². The monoisotopic (exact) mass is 1340 g/mol. The van der Waals surface area contributed by atoms with Crippen LogP contribution in [0.3, 0.4) is 0 Å². The minimum Gasteiger partial charge on any atom is -0.460 e. The molecule has 97 heavy (non-hydrogen) atoms. The number of amides is 3. The number of likely N-dealkylation sites (tertiary alicyclic amines) is 3. The predicted molar refractivity (Wildman–Crippen MR) is 372 cm³/mol. The van der Waals surface area contributed by atoms with Gasteiger partial charge in [0.15, 0.2) is 0 Å². The second kappa shape index (κ2) is 28.2. The highest BCUT2D eigenvalue weighted by Crippen LogP contribution is 2.36. The van der Waals surface area contributed by atoms with Gasteiger partial charge in [-0.25, -0.2) is 29.3 Å². The fraction of sp³-hybridized carbons (Fsp3) is 0.640. The molecule has 0 radical (unpaired) electrons. The third kappa shape index (κ3) is 19.3. The van der Waals surface area contributed by atoms with Gasteiger partial charge in [0, 0.05) is 99.3 Å². The fourth-order valence-corrected chi connectivity index (χ4v) is 13.5. The third-order valence-corrected chi connectivity index (χ3v) is 18.0. The Balaban J connectivity index is 1.03. The van der Waals surface area contributed by atoms with Crippen LogP contribution in [-0.2, 0) is 103 Å². The maximum atomic E-state index is 14.2. The summed E-state index contributed by atoms with van der Waals surface area (Å²) in [5, 5.41) is 0. The Morgan fingerprint density at radius 3 is 0.856 bits per heavy atom. The first-order valence-corrected chi connectivity index (χ1v) is 34.6. The van der Waals surface area contributed by atoms with Crippen LogP contribution in [0.5, 0.6) is 0 Å². The lowest BCUT2D eigenvalue weighted by atomic mass is 9.88. The van der Waals surface area contributed by atoms with Gasteiger partial charge >= 0.3 is 36.2 Å². The van der Waals surface area contributed by atoms with Crippen molar-refractivity contribution in [1.29, 1.82) is 0 Å². The first-order chi connectivity index (χ1) is 44.9. The number of hydrogen-bond acceptors (Lipinski definition) is 16. The van der Waals surface area contributed by atoms with E-state index < -0.39 is 69.6 Å². The SMILES string of the molecule is Cn1c(C[C@H](C(=O)OC(C)(C)C)[C@H]2CCN(C(=O)OC(C)(C)C)C2)nc2ccc(CN(Cc3ccc4nc(C[C@H](C(=O)OC(C)(C)C)[C@H]5CCN(C(=O)OC(C)(C)C)C5)n(C)c4c3)Cc3ccc4nc(C[C@H](C(=O)OC(C)(C)C)[C@H]5CCN(C(=O)OC(C)(C)C)C5)n(C)c4c3)cc21. The number of esters is 3. The molecule has 0 unspecified atom stereocenters. The molecule has 0 N–H and O–H groups in total. The molecule has 3 aromatic carbocycles. The van der Waals surface area contributed by atoms with E-state index in [-0.39, 0.29) is 35.7 Å². The number of benzene rings is 3. The molecule has 6 aromatic rings. The van der Waals surface area contributed by atoms with Crippen molar-refractivity contribution < 1.29 is 57.2 Å². The van der Waals surface area contributed by atoms with Gasteiger partial charge in [-0.1, -0.05) is 18.2 Å². The van der Waals surface area contributed by atoms with Gasteiger partial charge in [0.05, 0.1) is 50.9 Å². The average molecular weight is 1340 g/mol. The summed E-state index contributed by atoms with van der Waals surface area (Å²) < 4.78 is 41.6. The second-order valence-electron chi connectivity index (χ2n) is 33.3. The minimum absolute atomic E-state index is 0.171. The maximum Gasteiger partial charge on any atom is 0.410 e. The van der Waals surface area contributed by atoms with Gasteiger partial charge in [-0.05, 0) is 215 Å². The zero-order valence-corrected chi connectivity index (χ0v) is 61.6. The number of rotatable bonds is 18. The molecule has 3 aromatic heterocycles. The Morgan fingerprint density at radius 2 is 0.629 bits per heavy atom. The maximum absolute atomic E-state index is 14.2. The van der Waals surface area contributed by atoms with Crippen molar-refractivity contribution in [2.24, 2.45) is 56.7 Å². The van der Waals surface area contributed by atoms with Gasteiger partial charge in [0.1, 0.15) is 51.1 Å². The second-order valence-corrected chi connectivity index (χ2v) is 33.3. The zero-order valence-electron chi connectivity index (χ0n) is 61.6. The van der Waals surface area contributed by atoms with E-state index in [1.165, 1.54) is 0 Å². The van der Waals surface area contributed by atoms with E-state index in [2.05, 4.69) is 55.0 Å². The Morgan fingerprint density at radius 1 is 0.392 bits per heavy atom. The Bertz CT molecular complexity index is 3480. The number of carbonyl (C=O) groups is 6. The molecule has 0 bridgehead atoms. The third-order valence-electron chi connectivity index (χ3n) is 18.0. The summed E-state index contributed by atoms with van der Waals surface area (Å²) in [5.41, 5.74) is 4.07. The molecule has 3 fully saturated rings. The molecule has 6 atom stereocenters. The van der Waals surface area contributed by atoms with Crippen LogP contribution < -0.4 is 0 Å². The van der Waals surface area contributed by atoms with E-state index in [9.17, 15) is 28.8 Å². The number of imidazole rings is 3. The summed E-state index contributed by atoms with van der Waals surface area (Å²) >= 11 is 0. The van der Waals surface area contributed by atoms with E-state index in [0.29, 0.717) is 97.4 Å². The van der Waals surface area contributed by atoms with Gasteiger partial charge in [0.25, 0.3) is 0 Å². The Kier molecular flexibility index (Phi) is 21.4. The highest BCUT2D eigenvalue weighted by atomic mass is 16.6. The Hall–Kier alpha value is -7.75. The molecule has 9 rings (SSSR count). The quantitative estimate of drug-likeness (QED) is 0.0576. The fourth-order valence-electron chi connectivity index (χ4n) is 13.5. The summed E-state index contributed by atoms with van der Waals surface area (Å²) in [6, 6.07) is 19.0. The van der Waals surface area contributed by atoms with Gasteiger partial charge in [-0.15, -0.1) is 0 Å². The van der Waals surface area contributed by atoms with E-state index in [1.54, 1.807) is 14.7 Å². The molecule has 3 aliphatic rings. The number of fused-ring (bicyclic) bond motifs is 3. The summed E-state index contributed by atoms with van der Waals surface area (Å²) in [5.74, 6) is -0.981. The number of aromatic nitrogens is 6. The minimum atomic E-state index is -0.722. The summed E-state index contributed by atoms with van der Waals surface area (Å²) in [7, 11) is 5.96. The first-order valence-electron chi connectivity index (χ1n) is 34.6. The average Bonchev–Trinajstić information content (AvgIpc) is 1.66. The lowest BCUT2D eigenvalue weighted by Gasteiger charge is -2.28. The van der Waals surface area contributed by atoms with Crippen LogP contribution in [0.25, 0.3) is 33.1 Å². The summed E-state index contributed by atoms with van der Waals surface area (Å²) in [6.07, 6.45) is 1.62. The van der Waals surface area contributed by atoms with Gasteiger partial charge < -0.3 is 56.8 Å². The van der Waals surface area contributed by atoms with Crippen molar-refractivity contribution in [1.82, 2.24) is 48.3 Å². The molecule has 530 valence electrons. The van der Waals surface area contributed by atoms with Crippen molar-refractivity contribution in [2.75, 3.05) is 39.3 Å². The number of ether oxygens (including phenoxy) is 6. The number of aryl methyl sites for hydroxylation is 3. The number of nitrogens with zero attached hydrogens (tertiary/aromatic N) is 10. The lowest BCUT2D eigenvalue weighted by molar-refractivity contribution is -0.163. The van der Waals surface area contributed by atoms with Crippen LogP contribution in [0.1, 0.15) is 178 Å². The molecule has 6 heterocycles. The molecule has 0 spiro atoms. The number of carbonyl (C=O) groups excluding carboxylic acids is 6. The highest BCUT2D eigenvalue weighted by Gasteiger charge is 2.44. The van der Waals surface area contributed by atoms with Crippen molar-refractivity contribution in [3.8, 4) is 0 Å². The topological polar surface area (TPSA) is 224 Å². The molecule has 0 aliphatic carbocycles. The van der Waals surface area contributed by atoms with Crippen LogP contribution in [-0.4, -0.2) is 157 Å². The largest absolute Gasteiger partial charge is 0.460 e. The molecule has 3 amide bonds. The smallest absolute Gasteiger partial charge is 0.410 e. The molecular formula is C75H108N10O12. The summed E-state index contributed by atoms with van der Waals surface area (Å²) in [6.45, 7) is 37.5. The van der Waals surface area contributed by atoms with Crippen molar-refractivity contribution in [2.45, 2.75) is 216 Å². The standard InChI is InChI=1S/C75H108N10O12/c1-70(2,3)92-64(86)52(49-28-31-83(43-49)67(89)95-73(10,11)12)37-61-76-55-25-22-46(34-58(55)79(61)19)40-82(41-47-23-26-56-59(35-47)80(20)62(77-56)38-53(65(87)93-71(4,5)6)50-29-32-84(44-50)68(90)96-74(13,14)15)42-48-24-27-57-60(36-48)81(21)63(78-57)39-54(66(88)94-72(7,8)9)51-30-33-85(45-51)69(91)97-75(16,17)18/h22-27,34-36,49-54H,28-33,37-45H2,1-21H3/t49-,50-,51-,52-,53-,54-/m0/s1. The van der Waals surface area contributed by atoms with Crippen molar-refractivity contribution in [3.63, 3.8) is 0 Å². The van der Waals surface area contributed by atoms with Crippen LogP contribution in [0.15, 0.2) is 54.6 Å². The normalized spacial score (nSPS) is 18.5. The molecular weight excluding hydrogens is 1230 g/mol. The molecule has 22 nitrogen and oxygen atoms in total. The first kappa shape index (κ1) is 73.5. The number of hydrogen-bond donors (Lipinski definition) is 0. The molecule has 22 heteroatoms. The van der Waals surface area contributed by atoms with Crippen LogP contribution in [0.4, 0.5) is 14.4 Å². The predicted octanol–water partition coefficient (Wildman–Crippen LogP) is 12.8. The van der Waals surface area contributed by atoms with Gasteiger partial charge in [-0.2, -0.15) is 0 Å². The van der Waals surface area contributed by atoms with Crippen LogP contribution in [0.2, 0.25) is 0 Å². The van der Waals surface area contributed by atoms with E-state index in [1.807, 2.05) is 164 Å². The molecule has 3 saturated heterocycles. The molecule has 3 aliphatic heterocycles. The Labute approximate surface area is 573 Å². The summed E-state index contributed by atoms with van der Waals surface area (Å²) in [4.78, 5) is 105. The van der Waals surface area contributed by atoms with E-state index in [4.69, 9.17) is 43.4 Å². The molecule has 0 saturated carbocycles. The van der Waals surface area contributed by atoms with Crippen molar-refractivity contribution >= 4 is 69.3 Å². The van der Waals surface area contributed by atoms with Gasteiger partial charge in [-0.3, -0.25) is 19.3 Å². The van der Waals surface area contributed by atoms with Gasteiger partial charge in [0.2, 0.25) is 0 Å². The zero-order chi connectivity index (χ0) is 71.2.